The quantitative estimate of drug-likeness (QED) is 0.813. The Balaban J connectivity index is 1.78. The molecule has 0 fully saturated rings. The summed E-state index contributed by atoms with van der Waals surface area (Å²) in [4.78, 5) is 4.20. The van der Waals surface area contributed by atoms with E-state index < -0.39 is 0 Å². The van der Waals surface area contributed by atoms with Crippen molar-refractivity contribution in [1.82, 2.24) is 10.3 Å². The minimum atomic E-state index is 0.889. The van der Waals surface area contributed by atoms with Crippen molar-refractivity contribution in [2.45, 2.75) is 26.8 Å². The monoisotopic (exact) mass is 240 g/mol. The van der Waals surface area contributed by atoms with Crippen molar-refractivity contribution in [3.8, 4) is 0 Å². The van der Waals surface area contributed by atoms with Gasteiger partial charge >= 0.3 is 0 Å². The summed E-state index contributed by atoms with van der Waals surface area (Å²) < 4.78 is 0. The number of benzene rings is 1. The van der Waals surface area contributed by atoms with Crippen LogP contribution in [0.2, 0.25) is 0 Å². The van der Waals surface area contributed by atoms with Crippen molar-refractivity contribution < 1.29 is 0 Å². The summed E-state index contributed by atoms with van der Waals surface area (Å²) in [5.74, 6) is 0. The van der Waals surface area contributed by atoms with Gasteiger partial charge in [-0.05, 0) is 49.1 Å². The second-order valence-corrected chi connectivity index (χ2v) is 4.72. The Kier molecular flexibility index (Phi) is 4.48. The molecule has 0 aliphatic rings. The molecule has 2 rings (SSSR count). The van der Waals surface area contributed by atoms with E-state index in [4.69, 9.17) is 0 Å². The normalized spacial score (nSPS) is 10.6. The summed E-state index contributed by atoms with van der Waals surface area (Å²) in [7, 11) is 0. The fourth-order valence-corrected chi connectivity index (χ4v) is 2.06. The Hall–Kier alpha value is -1.67. The number of aryl methyl sites for hydroxylation is 2. The maximum absolute atomic E-state index is 4.20. The number of hydrogen-bond acceptors (Lipinski definition) is 2. The Bertz CT molecular complexity index is 506. The molecule has 0 unspecified atom stereocenters. The predicted molar refractivity (Wildman–Crippen MR) is 75.6 cm³/mol. The third-order valence-electron chi connectivity index (χ3n) is 3.09. The summed E-state index contributed by atoms with van der Waals surface area (Å²) in [5.41, 5.74) is 5.26. The summed E-state index contributed by atoms with van der Waals surface area (Å²) in [5, 5.41) is 3.46. The first-order chi connectivity index (χ1) is 8.75. The first kappa shape index (κ1) is 12.8. The number of nitrogens with zero attached hydrogens (tertiary/aromatic N) is 1. The van der Waals surface area contributed by atoms with Gasteiger partial charge in [0.1, 0.15) is 0 Å². The van der Waals surface area contributed by atoms with E-state index in [1.807, 2.05) is 12.4 Å². The number of nitrogens with one attached hydrogen (secondary N) is 1. The van der Waals surface area contributed by atoms with E-state index >= 15 is 0 Å². The minimum Gasteiger partial charge on any atom is -0.312 e. The number of pyridine rings is 1. The maximum Gasteiger partial charge on any atom is 0.0313 e. The molecule has 2 nitrogen and oxygen atoms in total. The third-order valence-corrected chi connectivity index (χ3v) is 3.09. The lowest BCUT2D eigenvalue weighted by atomic mass is 10.1. The molecule has 0 amide bonds. The first-order valence-electron chi connectivity index (χ1n) is 6.41. The number of rotatable bonds is 5. The standard InChI is InChI=1S/C16H20N2/c1-13-9-15(12-18-10-13)11-17-8-7-16-6-4-3-5-14(16)2/h3-6,9-10,12,17H,7-8,11H2,1-2H3. The van der Waals surface area contributed by atoms with Crippen LogP contribution in [0.4, 0.5) is 0 Å². The highest BCUT2D eigenvalue weighted by Crippen LogP contribution is 2.07. The fourth-order valence-electron chi connectivity index (χ4n) is 2.06. The van der Waals surface area contributed by atoms with Gasteiger partial charge in [0.05, 0.1) is 0 Å². The second-order valence-electron chi connectivity index (χ2n) is 4.72. The van der Waals surface area contributed by atoms with Crippen LogP contribution in [0.1, 0.15) is 22.3 Å². The lowest BCUT2D eigenvalue weighted by Gasteiger charge is -2.07. The van der Waals surface area contributed by atoms with Crippen molar-refractivity contribution in [2.75, 3.05) is 6.54 Å². The largest absolute Gasteiger partial charge is 0.312 e. The van der Waals surface area contributed by atoms with Gasteiger partial charge in [-0.2, -0.15) is 0 Å². The van der Waals surface area contributed by atoms with Gasteiger partial charge in [-0.15, -0.1) is 0 Å². The molecule has 1 N–H and O–H groups in total. The first-order valence-corrected chi connectivity index (χ1v) is 6.41. The number of aromatic nitrogens is 1. The summed E-state index contributed by atoms with van der Waals surface area (Å²) in [6.07, 6.45) is 4.89. The van der Waals surface area contributed by atoms with Crippen LogP contribution in [-0.2, 0) is 13.0 Å². The molecule has 18 heavy (non-hydrogen) atoms. The molecule has 1 aromatic heterocycles. The van der Waals surface area contributed by atoms with E-state index in [0.717, 1.165) is 19.5 Å². The Labute approximate surface area is 109 Å². The van der Waals surface area contributed by atoms with Crippen LogP contribution in [0.5, 0.6) is 0 Å². The lowest BCUT2D eigenvalue weighted by molar-refractivity contribution is 0.683. The molecule has 0 saturated heterocycles. The van der Waals surface area contributed by atoms with Gasteiger partial charge < -0.3 is 5.32 Å². The molecule has 1 aromatic carbocycles. The zero-order valence-electron chi connectivity index (χ0n) is 11.1. The van der Waals surface area contributed by atoms with Crippen LogP contribution in [-0.4, -0.2) is 11.5 Å². The highest BCUT2D eigenvalue weighted by Gasteiger charge is 1.97. The van der Waals surface area contributed by atoms with E-state index in [-0.39, 0.29) is 0 Å². The summed E-state index contributed by atoms with van der Waals surface area (Å²) in [6.45, 7) is 6.13. The minimum absolute atomic E-state index is 0.889. The molecule has 1 heterocycles. The smallest absolute Gasteiger partial charge is 0.0313 e. The van der Waals surface area contributed by atoms with Crippen LogP contribution >= 0.6 is 0 Å². The van der Waals surface area contributed by atoms with Gasteiger partial charge in [-0.1, -0.05) is 30.3 Å². The van der Waals surface area contributed by atoms with Crippen molar-refractivity contribution >= 4 is 0 Å². The molecule has 0 aliphatic heterocycles. The number of hydrogen-bond donors (Lipinski definition) is 1. The molecule has 0 saturated carbocycles. The highest BCUT2D eigenvalue weighted by molar-refractivity contribution is 5.25. The third kappa shape index (κ3) is 3.67. The average Bonchev–Trinajstić information content (AvgIpc) is 2.37. The van der Waals surface area contributed by atoms with E-state index in [1.54, 1.807) is 0 Å². The summed E-state index contributed by atoms with van der Waals surface area (Å²) in [6, 6.07) is 10.7. The molecule has 2 heteroatoms. The van der Waals surface area contributed by atoms with E-state index in [9.17, 15) is 0 Å². The zero-order chi connectivity index (χ0) is 12.8. The van der Waals surface area contributed by atoms with Crippen molar-refractivity contribution in [2.24, 2.45) is 0 Å². The molecule has 94 valence electrons. The SMILES string of the molecule is Cc1cncc(CNCCc2ccccc2C)c1. The van der Waals surface area contributed by atoms with Gasteiger partial charge in [-0.25, -0.2) is 0 Å². The van der Waals surface area contributed by atoms with Gasteiger partial charge in [0, 0.05) is 18.9 Å². The molecular weight excluding hydrogens is 220 g/mol. The average molecular weight is 240 g/mol. The van der Waals surface area contributed by atoms with E-state index in [1.165, 1.54) is 22.3 Å². The Morgan fingerprint density at radius 2 is 1.94 bits per heavy atom. The molecule has 0 spiro atoms. The molecule has 0 aliphatic carbocycles. The van der Waals surface area contributed by atoms with Crippen LogP contribution in [0.15, 0.2) is 42.7 Å². The van der Waals surface area contributed by atoms with Crippen molar-refractivity contribution in [3.63, 3.8) is 0 Å². The highest BCUT2D eigenvalue weighted by atomic mass is 14.8. The maximum atomic E-state index is 4.20. The Morgan fingerprint density at radius 1 is 1.11 bits per heavy atom. The molecule has 2 aromatic rings. The fraction of sp³-hybridized carbons (Fsp3) is 0.312. The van der Waals surface area contributed by atoms with Crippen LogP contribution in [0.3, 0.4) is 0 Å². The predicted octanol–water partition coefficient (Wildman–Crippen LogP) is 3.03. The van der Waals surface area contributed by atoms with Crippen LogP contribution < -0.4 is 5.32 Å². The van der Waals surface area contributed by atoms with E-state index in [0.29, 0.717) is 0 Å². The topological polar surface area (TPSA) is 24.9 Å². The molecule has 0 atom stereocenters. The van der Waals surface area contributed by atoms with E-state index in [2.05, 4.69) is 54.5 Å². The van der Waals surface area contributed by atoms with Crippen molar-refractivity contribution in [1.29, 1.82) is 0 Å². The lowest BCUT2D eigenvalue weighted by Crippen LogP contribution is -2.17. The summed E-state index contributed by atoms with van der Waals surface area (Å²) >= 11 is 0. The molecule has 0 radical (unpaired) electrons. The molecule has 0 bridgehead atoms. The van der Waals surface area contributed by atoms with Gasteiger partial charge in [0.15, 0.2) is 0 Å². The zero-order valence-corrected chi connectivity index (χ0v) is 11.1. The van der Waals surface area contributed by atoms with Gasteiger partial charge in [0.2, 0.25) is 0 Å². The Morgan fingerprint density at radius 3 is 2.72 bits per heavy atom. The van der Waals surface area contributed by atoms with Crippen LogP contribution in [0.25, 0.3) is 0 Å². The van der Waals surface area contributed by atoms with Gasteiger partial charge in [-0.3, -0.25) is 4.98 Å². The van der Waals surface area contributed by atoms with Crippen molar-refractivity contribution in [3.05, 3.63) is 65.0 Å². The van der Waals surface area contributed by atoms with Gasteiger partial charge in [0.25, 0.3) is 0 Å². The van der Waals surface area contributed by atoms with Crippen LogP contribution in [0, 0.1) is 13.8 Å². The molecular formula is C16H20N2. The second kappa shape index (κ2) is 6.31.